The number of nitrogens with zero attached hydrogens (tertiary/aromatic N) is 1. The molecule has 90 valence electrons. The molecule has 0 aliphatic rings. The third kappa shape index (κ3) is 4.48. The Hall–Kier alpha value is 0.01000. The lowest BCUT2D eigenvalue weighted by atomic mass is 10.0. The number of rotatable bonds is 6. The molecule has 1 atom stereocenters. The van der Waals surface area contributed by atoms with E-state index in [2.05, 4.69) is 33.2 Å². The number of halogens is 3. The molecule has 1 heterocycles. The smallest absolute Gasteiger partial charge is 0.140 e. The molecule has 16 heavy (non-hydrogen) atoms. The summed E-state index contributed by atoms with van der Waals surface area (Å²) in [5, 5.41) is 3.93. The van der Waals surface area contributed by atoms with Crippen LogP contribution in [0.4, 0.5) is 5.82 Å². The first-order chi connectivity index (χ1) is 7.67. The lowest BCUT2D eigenvalue weighted by molar-refractivity contribution is 0.521. The van der Waals surface area contributed by atoms with Gasteiger partial charge in [0.15, 0.2) is 0 Å². The normalized spacial score (nSPS) is 12.5. The number of anilines is 1. The molecule has 0 bridgehead atoms. The van der Waals surface area contributed by atoms with E-state index >= 15 is 0 Å². The topological polar surface area (TPSA) is 24.9 Å². The minimum Gasteiger partial charge on any atom is -0.369 e. The van der Waals surface area contributed by atoms with Crippen molar-refractivity contribution in [2.24, 2.45) is 5.92 Å². The summed E-state index contributed by atoms with van der Waals surface area (Å²) in [4.78, 5) is 4.22. The van der Waals surface area contributed by atoms with Gasteiger partial charge in [0.1, 0.15) is 5.82 Å². The van der Waals surface area contributed by atoms with Crippen molar-refractivity contribution in [3.8, 4) is 0 Å². The SMILES string of the molecule is CCC(CCCl)CNc1ncc(Cl)cc1Br. The number of aromatic nitrogens is 1. The van der Waals surface area contributed by atoms with Gasteiger partial charge in [0.05, 0.1) is 9.50 Å². The fourth-order valence-corrected chi connectivity index (χ4v) is 2.48. The van der Waals surface area contributed by atoms with Crippen molar-refractivity contribution in [3.05, 3.63) is 21.8 Å². The zero-order valence-electron chi connectivity index (χ0n) is 9.14. The zero-order chi connectivity index (χ0) is 12.0. The largest absolute Gasteiger partial charge is 0.369 e. The van der Waals surface area contributed by atoms with Crippen LogP contribution in [0.5, 0.6) is 0 Å². The molecule has 1 aromatic heterocycles. The molecule has 0 saturated carbocycles. The van der Waals surface area contributed by atoms with E-state index in [0.717, 1.165) is 29.7 Å². The summed E-state index contributed by atoms with van der Waals surface area (Å²) in [6, 6.07) is 1.83. The fourth-order valence-electron chi connectivity index (χ4n) is 1.39. The van der Waals surface area contributed by atoms with E-state index < -0.39 is 0 Å². The van der Waals surface area contributed by atoms with Gasteiger partial charge in [-0.2, -0.15) is 0 Å². The van der Waals surface area contributed by atoms with Crippen LogP contribution >= 0.6 is 39.1 Å². The summed E-state index contributed by atoms with van der Waals surface area (Å²) in [5.74, 6) is 2.12. The number of alkyl halides is 1. The quantitative estimate of drug-likeness (QED) is 0.775. The molecule has 1 aromatic rings. The lowest BCUT2D eigenvalue weighted by Gasteiger charge is -2.15. The van der Waals surface area contributed by atoms with Gasteiger partial charge in [-0.05, 0) is 34.3 Å². The van der Waals surface area contributed by atoms with Crippen molar-refractivity contribution in [1.82, 2.24) is 4.98 Å². The van der Waals surface area contributed by atoms with Gasteiger partial charge in [0, 0.05) is 18.6 Å². The van der Waals surface area contributed by atoms with Crippen LogP contribution in [-0.2, 0) is 0 Å². The Morgan fingerprint density at radius 2 is 2.31 bits per heavy atom. The van der Waals surface area contributed by atoms with E-state index in [4.69, 9.17) is 23.2 Å². The maximum absolute atomic E-state index is 5.82. The van der Waals surface area contributed by atoms with Crippen molar-refractivity contribution in [3.63, 3.8) is 0 Å². The molecule has 1 rings (SSSR count). The molecule has 0 spiro atoms. The Labute approximate surface area is 115 Å². The average Bonchev–Trinajstić information content (AvgIpc) is 2.26. The Morgan fingerprint density at radius 3 is 2.88 bits per heavy atom. The van der Waals surface area contributed by atoms with Crippen LogP contribution in [-0.4, -0.2) is 17.4 Å². The van der Waals surface area contributed by atoms with Gasteiger partial charge in [0.2, 0.25) is 0 Å². The van der Waals surface area contributed by atoms with Gasteiger partial charge >= 0.3 is 0 Å². The van der Waals surface area contributed by atoms with Crippen LogP contribution in [0.1, 0.15) is 19.8 Å². The Bertz CT molecular complexity index is 334. The van der Waals surface area contributed by atoms with Crippen LogP contribution in [0.2, 0.25) is 5.02 Å². The van der Waals surface area contributed by atoms with Crippen LogP contribution in [0.15, 0.2) is 16.7 Å². The molecule has 5 heteroatoms. The first kappa shape index (κ1) is 14.1. The minimum absolute atomic E-state index is 0.585. The van der Waals surface area contributed by atoms with Crippen LogP contribution in [0.3, 0.4) is 0 Å². The van der Waals surface area contributed by atoms with Gasteiger partial charge < -0.3 is 5.32 Å². The summed E-state index contributed by atoms with van der Waals surface area (Å²) >= 11 is 15.0. The van der Waals surface area contributed by atoms with Crippen LogP contribution in [0, 0.1) is 5.92 Å². The second-order valence-electron chi connectivity index (χ2n) is 3.62. The molecular formula is C11H15BrCl2N2. The van der Waals surface area contributed by atoms with Crippen LogP contribution < -0.4 is 5.32 Å². The molecule has 0 saturated heterocycles. The minimum atomic E-state index is 0.585. The summed E-state index contributed by atoms with van der Waals surface area (Å²) < 4.78 is 0.890. The van der Waals surface area contributed by atoms with E-state index in [9.17, 15) is 0 Å². The first-order valence-electron chi connectivity index (χ1n) is 5.28. The third-order valence-corrected chi connectivity index (χ3v) is 3.49. The highest BCUT2D eigenvalue weighted by molar-refractivity contribution is 9.10. The molecule has 0 aliphatic carbocycles. The number of hydrogen-bond acceptors (Lipinski definition) is 2. The summed E-state index contributed by atoms with van der Waals surface area (Å²) in [6.45, 7) is 3.06. The molecule has 1 unspecified atom stereocenters. The van der Waals surface area contributed by atoms with Gasteiger partial charge in [-0.1, -0.05) is 24.9 Å². The molecule has 0 fully saturated rings. The lowest BCUT2D eigenvalue weighted by Crippen LogP contribution is -2.15. The van der Waals surface area contributed by atoms with E-state index in [1.807, 2.05) is 6.07 Å². The number of nitrogens with one attached hydrogen (secondary N) is 1. The van der Waals surface area contributed by atoms with E-state index in [0.29, 0.717) is 16.8 Å². The van der Waals surface area contributed by atoms with Crippen molar-refractivity contribution in [2.75, 3.05) is 17.7 Å². The second-order valence-corrected chi connectivity index (χ2v) is 5.29. The summed E-state index contributed by atoms with van der Waals surface area (Å²) in [5.41, 5.74) is 0. The Balaban J connectivity index is 2.53. The zero-order valence-corrected chi connectivity index (χ0v) is 12.2. The molecular weight excluding hydrogens is 311 g/mol. The van der Waals surface area contributed by atoms with Crippen molar-refractivity contribution < 1.29 is 0 Å². The van der Waals surface area contributed by atoms with E-state index in [-0.39, 0.29) is 0 Å². The molecule has 0 radical (unpaired) electrons. The van der Waals surface area contributed by atoms with Gasteiger partial charge in [-0.15, -0.1) is 11.6 Å². The predicted octanol–water partition coefficient (Wildman–Crippen LogP) is 4.56. The third-order valence-electron chi connectivity index (χ3n) is 2.46. The van der Waals surface area contributed by atoms with Crippen molar-refractivity contribution >= 4 is 44.9 Å². The van der Waals surface area contributed by atoms with Gasteiger partial charge in [-0.3, -0.25) is 0 Å². The molecule has 0 aromatic carbocycles. The van der Waals surface area contributed by atoms with Crippen molar-refractivity contribution in [2.45, 2.75) is 19.8 Å². The molecule has 2 nitrogen and oxygen atoms in total. The standard InChI is InChI=1S/C11H15BrCl2N2/c1-2-8(3-4-13)6-15-11-10(12)5-9(14)7-16-11/h5,7-8H,2-4,6H2,1H3,(H,15,16). The molecule has 0 aliphatic heterocycles. The number of pyridine rings is 1. The molecule has 0 amide bonds. The monoisotopic (exact) mass is 324 g/mol. The summed E-state index contributed by atoms with van der Waals surface area (Å²) in [7, 11) is 0. The Kier molecular flexibility index (Phi) is 6.47. The van der Waals surface area contributed by atoms with E-state index in [1.165, 1.54) is 0 Å². The highest BCUT2D eigenvalue weighted by Gasteiger charge is 2.07. The predicted molar refractivity (Wildman–Crippen MR) is 74.6 cm³/mol. The number of hydrogen-bond donors (Lipinski definition) is 1. The Morgan fingerprint density at radius 1 is 1.56 bits per heavy atom. The first-order valence-corrected chi connectivity index (χ1v) is 6.98. The summed E-state index contributed by atoms with van der Waals surface area (Å²) in [6.07, 6.45) is 3.78. The van der Waals surface area contributed by atoms with Gasteiger partial charge in [0.25, 0.3) is 0 Å². The van der Waals surface area contributed by atoms with Gasteiger partial charge in [-0.25, -0.2) is 4.98 Å². The molecule has 1 N–H and O–H groups in total. The maximum Gasteiger partial charge on any atom is 0.140 e. The maximum atomic E-state index is 5.82. The highest BCUT2D eigenvalue weighted by Crippen LogP contribution is 2.23. The van der Waals surface area contributed by atoms with Crippen LogP contribution in [0.25, 0.3) is 0 Å². The van der Waals surface area contributed by atoms with E-state index in [1.54, 1.807) is 6.20 Å². The average molecular weight is 326 g/mol. The van der Waals surface area contributed by atoms with Crippen molar-refractivity contribution in [1.29, 1.82) is 0 Å². The fraction of sp³-hybridized carbons (Fsp3) is 0.545. The highest BCUT2D eigenvalue weighted by atomic mass is 79.9. The second kappa shape index (κ2) is 7.36.